The summed E-state index contributed by atoms with van der Waals surface area (Å²) in [5.74, 6) is -0.373. The zero-order valence-electron chi connectivity index (χ0n) is 18.6. The van der Waals surface area contributed by atoms with Gasteiger partial charge >= 0.3 is 0 Å². The van der Waals surface area contributed by atoms with E-state index in [2.05, 4.69) is 15.1 Å². The molecule has 0 aliphatic carbocycles. The molecule has 2 heterocycles. The van der Waals surface area contributed by atoms with Crippen molar-refractivity contribution in [2.45, 2.75) is 13.5 Å². The molecule has 0 saturated heterocycles. The number of nitrogens with one attached hydrogen (secondary N) is 1. The first-order chi connectivity index (χ1) is 16.9. The van der Waals surface area contributed by atoms with Crippen LogP contribution < -0.4 is 5.43 Å². The molecule has 174 valence electrons. The van der Waals surface area contributed by atoms with Crippen LogP contribution in [0.4, 0.5) is 5.69 Å². The maximum Gasteiger partial charge on any atom is 0.281 e. The lowest BCUT2D eigenvalue weighted by molar-refractivity contribution is -0.384. The first-order valence-electron chi connectivity index (χ1n) is 10.7. The van der Waals surface area contributed by atoms with Gasteiger partial charge in [-0.25, -0.2) is 5.43 Å². The number of hydrogen-bond donors (Lipinski definition) is 1. The van der Waals surface area contributed by atoms with Gasteiger partial charge in [-0.05, 0) is 36.8 Å². The van der Waals surface area contributed by atoms with Crippen LogP contribution >= 0.6 is 22.9 Å². The number of thiophene rings is 1. The van der Waals surface area contributed by atoms with Crippen molar-refractivity contribution in [2.75, 3.05) is 0 Å². The van der Waals surface area contributed by atoms with E-state index in [9.17, 15) is 14.9 Å². The van der Waals surface area contributed by atoms with E-state index in [0.29, 0.717) is 21.8 Å². The maximum absolute atomic E-state index is 12.7. The van der Waals surface area contributed by atoms with E-state index in [-0.39, 0.29) is 11.6 Å². The summed E-state index contributed by atoms with van der Waals surface area (Å²) in [6.07, 6.45) is 1.65. The summed E-state index contributed by atoms with van der Waals surface area (Å²) in [6, 6.07) is 22.0. The van der Waals surface area contributed by atoms with Gasteiger partial charge in [0.15, 0.2) is 0 Å². The van der Waals surface area contributed by atoms with Gasteiger partial charge in [-0.3, -0.25) is 14.9 Å². The van der Waals surface area contributed by atoms with E-state index in [4.69, 9.17) is 11.6 Å². The number of benzene rings is 3. The minimum Gasteiger partial charge on any atom is -0.340 e. The van der Waals surface area contributed by atoms with Gasteiger partial charge in [0.1, 0.15) is 0 Å². The molecular weight excluding hydrogens is 484 g/mol. The van der Waals surface area contributed by atoms with E-state index < -0.39 is 4.92 Å². The number of hydrogen-bond acceptors (Lipinski definition) is 5. The van der Waals surface area contributed by atoms with E-state index in [1.807, 2.05) is 55.5 Å². The Morgan fingerprint density at radius 3 is 2.71 bits per heavy atom. The number of nitro groups is 1. The van der Waals surface area contributed by atoms with Crippen LogP contribution in [0.15, 0.2) is 77.9 Å². The Hall–Kier alpha value is -4.01. The highest BCUT2D eigenvalue weighted by Gasteiger charge is 2.15. The lowest BCUT2D eigenvalue weighted by Gasteiger charge is -2.10. The minimum absolute atomic E-state index is 0.0102. The number of amides is 1. The van der Waals surface area contributed by atoms with Crippen molar-refractivity contribution in [1.82, 2.24) is 9.99 Å². The van der Waals surface area contributed by atoms with E-state index in [1.165, 1.54) is 23.5 Å². The lowest BCUT2D eigenvalue weighted by Crippen LogP contribution is -2.16. The molecule has 0 aliphatic rings. The summed E-state index contributed by atoms with van der Waals surface area (Å²) in [5, 5.41) is 17.6. The largest absolute Gasteiger partial charge is 0.340 e. The molecule has 35 heavy (non-hydrogen) atoms. The molecule has 1 N–H and O–H groups in total. The molecule has 0 radical (unpaired) electrons. The fourth-order valence-corrected chi connectivity index (χ4v) is 5.22. The van der Waals surface area contributed by atoms with Crippen LogP contribution in [0.25, 0.3) is 21.0 Å². The van der Waals surface area contributed by atoms with Crippen molar-refractivity contribution in [1.29, 1.82) is 0 Å². The van der Waals surface area contributed by atoms with Gasteiger partial charge in [-0.1, -0.05) is 48.0 Å². The second kappa shape index (κ2) is 9.32. The number of rotatable bonds is 6. The minimum atomic E-state index is -0.453. The van der Waals surface area contributed by atoms with Crippen molar-refractivity contribution in [2.24, 2.45) is 5.10 Å². The van der Waals surface area contributed by atoms with Crippen LogP contribution in [-0.2, 0) is 6.54 Å². The topological polar surface area (TPSA) is 89.5 Å². The third-order valence-corrected chi connectivity index (χ3v) is 7.34. The van der Waals surface area contributed by atoms with Crippen molar-refractivity contribution in [3.8, 4) is 0 Å². The summed E-state index contributed by atoms with van der Waals surface area (Å²) in [5.41, 5.74) is 6.53. The summed E-state index contributed by atoms with van der Waals surface area (Å²) in [6.45, 7) is 2.62. The molecule has 0 unspecified atom stereocenters. The van der Waals surface area contributed by atoms with E-state index in [0.717, 1.165) is 32.4 Å². The molecule has 0 bridgehead atoms. The second-order valence-electron chi connectivity index (χ2n) is 7.98. The number of para-hydroxylation sites is 1. The molecule has 5 aromatic rings. The zero-order chi connectivity index (χ0) is 24.5. The van der Waals surface area contributed by atoms with Crippen molar-refractivity contribution >= 4 is 61.7 Å². The maximum atomic E-state index is 12.7. The summed E-state index contributed by atoms with van der Waals surface area (Å²) in [4.78, 5) is 23.7. The number of nitro benzene ring substituents is 1. The molecule has 7 nitrogen and oxygen atoms in total. The number of hydrazone groups is 1. The molecule has 0 saturated carbocycles. The molecule has 1 amide bonds. The smallest absolute Gasteiger partial charge is 0.281 e. The monoisotopic (exact) mass is 502 g/mol. The van der Waals surface area contributed by atoms with Crippen LogP contribution in [0.1, 0.15) is 26.5 Å². The number of nitrogens with zero attached hydrogens (tertiary/aromatic N) is 3. The molecule has 0 atom stereocenters. The second-order valence-corrected chi connectivity index (χ2v) is 9.47. The molecule has 5 rings (SSSR count). The van der Waals surface area contributed by atoms with Crippen LogP contribution in [0.3, 0.4) is 0 Å². The first-order valence-corrected chi connectivity index (χ1v) is 11.9. The zero-order valence-corrected chi connectivity index (χ0v) is 20.1. The number of fused-ring (bicyclic) bond motifs is 2. The highest BCUT2D eigenvalue weighted by molar-refractivity contribution is 7.20. The number of aromatic nitrogens is 1. The molecule has 0 aliphatic heterocycles. The van der Waals surface area contributed by atoms with Crippen LogP contribution in [-0.4, -0.2) is 21.6 Å². The normalized spacial score (nSPS) is 11.5. The Kier molecular flexibility index (Phi) is 6.07. The fourth-order valence-electron chi connectivity index (χ4n) is 4.09. The van der Waals surface area contributed by atoms with Gasteiger partial charge in [0, 0.05) is 55.9 Å². The highest BCUT2D eigenvalue weighted by atomic mass is 35.5. The van der Waals surface area contributed by atoms with Gasteiger partial charge in [-0.15, -0.1) is 11.3 Å². The molecular formula is C26H19ClN4O3S. The van der Waals surface area contributed by atoms with Crippen LogP contribution in [0, 0.1) is 17.0 Å². The SMILES string of the molecule is Cc1c(/C=N\NC(=O)c2cc3cc([N+](=O)[O-])ccc3s2)c2ccccc2n1Cc1ccccc1Cl. The van der Waals surface area contributed by atoms with E-state index >= 15 is 0 Å². The Bertz CT molecular complexity index is 1640. The van der Waals surface area contributed by atoms with Crippen molar-refractivity contribution in [3.05, 3.63) is 110 Å². The van der Waals surface area contributed by atoms with Gasteiger partial charge in [-0.2, -0.15) is 5.10 Å². The molecule has 0 fully saturated rings. The average molecular weight is 503 g/mol. The number of halogens is 1. The van der Waals surface area contributed by atoms with Crippen LogP contribution in [0.2, 0.25) is 5.02 Å². The fraction of sp³-hybridized carbons (Fsp3) is 0.0769. The first kappa shape index (κ1) is 22.8. The summed E-state index contributed by atoms with van der Waals surface area (Å²) < 4.78 is 2.97. The number of carbonyl (C=O) groups excluding carboxylic acids is 1. The predicted molar refractivity (Wildman–Crippen MR) is 141 cm³/mol. The average Bonchev–Trinajstić information content (AvgIpc) is 3.40. The van der Waals surface area contributed by atoms with Gasteiger partial charge in [0.2, 0.25) is 0 Å². The molecule has 2 aromatic heterocycles. The predicted octanol–water partition coefficient (Wildman–Crippen LogP) is 6.54. The van der Waals surface area contributed by atoms with Gasteiger partial charge in [0.05, 0.1) is 16.0 Å². The third kappa shape index (κ3) is 4.41. The van der Waals surface area contributed by atoms with Gasteiger partial charge < -0.3 is 4.57 Å². The highest BCUT2D eigenvalue weighted by Crippen LogP contribution is 2.29. The third-order valence-electron chi connectivity index (χ3n) is 5.86. The standard InChI is InChI=1S/C26H19ClN4O3S/c1-16-21(20-7-3-5-9-23(20)30(16)15-17-6-2-4-8-22(17)27)14-28-29-26(32)25-13-18-12-19(31(33)34)10-11-24(18)35-25/h2-14H,15H2,1H3,(H,29,32)/b28-14-. The summed E-state index contributed by atoms with van der Waals surface area (Å²) in [7, 11) is 0. The van der Waals surface area contributed by atoms with Crippen LogP contribution in [0.5, 0.6) is 0 Å². The Labute approximate surface area is 209 Å². The van der Waals surface area contributed by atoms with Crippen molar-refractivity contribution < 1.29 is 9.72 Å². The Morgan fingerprint density at radius 1 is 1.14 bits per heavy atom. The quantitative estimate of drug-likeness (QED) is 0.162. The molecule has 3 aromatic carbocycles. The lowest BCUT2D eigenvalue weighted by atomic mass is 10.1. The Balaban J connectivity index is 1.41. The summed E-state index contributed by atoms with van der Waals surface area (Å²) >= 11 is 7.65. The number of carbonyl (C=O) groups is 1. The number of non-ortho nitro benzene ring substituents is 1. The molecule has 9 heteroatoms. The Morgan fingerprint density at radius 2 is 1.91 bits per heavy atom. The van der Waals surface area contributed by atoms with Crippen molar-refractivity contribution in [3.63, 3.8) is 0 Å². The van der Waals surface area contributed by atoms with Gasteiger partial charge in [0.25, 0.3) is 11.6 Å². The van der Waals surface area contributed by atoms with E-state index in [1.54, 1.807) is 18.3 Å². The molecule has 0 spiro atoms.